The van der Waals surface area contributed by atoms with Gasteiger partial charge >= 0.3 is 0 Å². The van der Waals surface area contributed by atoms with Crippen LogP contribution < -0.4 is 14.8 Å². The van der Waals surface area contributed by atoms with Crippen molar-refractivity contribution >= 4 is 0 Å². The third-order valence-corrected chi connectivity index (χ3v) is 3.92. The molecule has 0 amide bonds. The fraction of sp³-hybridized carbons (Fsp3) is 0.625. The van der Waals surface area contributed by atoms with Gasteiger partial charge in [-0.3, -0.25) is 0 Å². The molecule has 4 nitrogen and oxygen atoms in total. The highest BCUT2D eigenvalue weighted by Gasteiger charge is 2.15. The second-order valence-corrected chi connectivity index (χ2v) is 5.10. The summed E-state index contributed by atoms with van der Waals surface area (Å²) in [5.74, 6) is 1.61. The zero-order valence-electron chi connectivity index (χ0n) is 13.2. The Morgan fingerprint density at radius 1 is 1.10 bits per heavy atom. The molecule has 0 saturated carbocycles. The first-order valence-corrected chi connectivity index (χ1v) is 7.24. The van der Waals surface area contributed by atoms with Crippen molar-refractivity contribution in [3.63, 3.8) is 0 Å². The summed E-state index contributed by atoms with van der Waals surface area (Å²) in [7, 11) is 3.08. The van der Waals surface area contributed by atoms with Crippen molar-refractivity contribution < 1.29 is 14.6 Å². The summed E-state index contributed by atoms with van der Waals surface area (Å²) >= 11 is 0. The first-order valence-electron chi connectivity index (χ1n) is 7.24. The van der Waals surface area contributed by atoms with Gasteiger partial charge in [0.25, 0.3) is 0 Å². The molecule has 1 rings (SSSR count). The topological polar surface area (TPSA) is 50.7 Å². The minimum Gasteiger partial charge on any atom is -0.502 e. The van der Waals surface area contributed by atoms with Crippen LogP contribution in [-0.4, -0.2) is 25.4 Å². The minimum atomic E-state index is 0.0480. The van der Waals surface area contributed by atoms with Crippen molar-refractivity contribution in [2.24, 2.45) is 5.92 Å². The lowest BCUT2D eigenvalue weighted by molar-refractivity contribution is 0.336. The monoisotopic (exact) mass is 281 g/mol. The van der Waals surface area contributed by atoms with E-state index in [4.69, 9.17) is 9.47 Å². The van der Waals surface area contributed by atoms with Crippen molar-refractivity contribution in [2.75, 3.05) is 14.2 Å². The lowest BCUT2D eigenvalue weighted by atomic mass is 9.95. The molecule has 0 spiro atoms. The Labute approximate surface area is 122 Å². The molecular formula is C16H27NO3. The van der Waals surface area contributed by atoms with Gasteiger partial charge in [-0.15, -0.1) is 0 Å². The van der Waals surface area contributed by atoms with E-state index in [2.05, 4.69) is 26.1 Å². The van der Waals surface area contributed by atoms with E-state index in [9.17, 15) is 5.11 Å². The quantitative estimate of drug-likeness (QED) is 0.767. The lowest BCUT2D eigenvalue weighted by Crippen LogP contribution is -2.32. The van der Waals surface area contributed by atoms with Crippen molar-refractivity contribution in [3.8, 4) is 17.2 Å². The van der Waals surface area contributed by atoms with Gasteiger partial charge in [-0.25, -0.2) is 0 Å². The number of rotatable bonds is 8. The second-order valence-electron chi connectivity index (χ2n) is 5.10. The van der Waals surface area contributed by atoms with Gasteiger partial charge in [0.15, 0.2) is 11.5 Å². The maximum atomic E-state index is 9.88. The number of methoxy groups -OCH3 is 2. The predicted molar refractivity (Wildman–Crippen MR) is 81.6 cm³/mol. The molecule has 1 aromatic carbocycles. The highest BCUT2D eigenvalue weighted by atomic mass is 16.5. The maximum absolute atomic E-state index is 9.88. The average molecular weight is 281 g/mol. The van der Waals surface area contributed by atoms with E-state index in [1.807, 2.05) is 12.1 Å². The fourth-order valence-corrected chi connectivity index (χ4v) is 2.49. The predicted octanol–water partition coefficient (Wildman–Crippen LogP) is 3.32. The van der Waals surface area contributed by atoms with E-state index < -0.39 is 0 Å². The molecular weight excluding hydrogens is 254 g/mol. The van der Waals surface area contributed by atoms with Crippen molar-refractivity contribution in [3.05, 3.63) is 17.7 Å². The molecule has 1 aromatic rings. The first-order chi connectivity index (χ1) is 9.57. The molecule has 20 heavy (non-hydrogen) atoms. The van der Waals surface area contributed by atoms with Gasteiger partial charge in [-0.1, -0.05) is 26.7 Å². The van der Waals surface area contributed by atoms with Crippen molar-refractivity contribution in [2.45, 2.75) is 46.2 Å². The van der Waals surface area contributed by atoms with E-state index in [0.717, 1.165) is 12.1 Å². The van der Waals surface area contributed by atoms with E-state index in [0.29, 0.717) is 23.5 Å². The molecule has 0 saturated heterocycles. The summed E-state index contributed by atoms with van der Waals surface area (Å²) < 4.78 is 10.3. The second kappa shape index (κ2) is 8.00. The summed E-state index contributed by atoms with van der Waals surface area (Å²) in [4.78, 5) is 0. The van der Waals surface area contributed by atoms with Gasteiger partial charge in [0, 0.05) is 12.6 Å². The zero-order valence-corrected chi connectivity index (χ0v) is 13.2. The third kappa shape index (κ3) is 4.04. The number of nitrogens with one attached hydrogen (secondary N) is 1. The smallest absolute Gasteiger partial charge is 0.200 e. The van der Waals surface area contributed by atoms with Crippen LogP contribution in [0.15, 0.2) is 12.1 Å². The molecule has 0 aromatic heterocycles. The SMILES string of the molecule is CCC(CC)C(C)NCc1cc(OC)c(O)c(OC)c1. The summed E-state index contributed by atoms with van der Waals surface area (Å²) in [6, 6.07) is 4.13. The highest BCUT2D eigenvalue weighted by Crippen LogP contribution is 2.37. The number of aromatic hydroxyl groups is 1. The number of phenolic OH excluding ortho intramolecular Hbond substituents is 1. The molecule has 0 bridgehead atoms. The number of benzene rings is 1. The Kier molecular flexibility index (Phi) is 6.65. The summed E-state index contributed by atoms with van der Waals surface area (Å²) in [6.45, 7) is 7.38. The largest absolute Gasteiger partial charge is 0.502 e. The molecule has 114 valence electrons. The van der Waals surface area contributed by atoms with Crippen LogP contribution in [0.3, 0.4) is 0 Å². The molecule has 0 aliphatic rings. The average Bonchev–Trinajstić information content (AvgIpc) is 2.47. The lowest BCUT2D eigenvalue weighted by Gasteiger charge is -2.23. The molecule has 0 fully saturated rings. The van der Waals surface area contributed by atoms with Gasteiger partial charge in [-0.2, -0.15) is 0 Å². The Morgan fingerprint density at radius 2 is 1.60 bits per heavy atom. The normalized spacial score (nSPS) is 12.5. The van der Waals surface area contributed by atoms with Crippen LogP contribution in [0.1, 0.15) is 39.2 Å². The zero-order chi connectivity index (χ0) is 15.1. The molecule has 2 N–H and O–H groups in total. The minimum absolute atomic E-state index is 0.0480. The third-order valence-electron chi connectivity index (χ3n) is 3.92. The first kappa shape index (κ1) is 16.6. The van der Waals surface area contributed by atoms with Crippen LogP contribution in [-0.2, 0) is 6.54 Å². The molecule has 4 heteroatoms. The van der Waals surface area contributed by atoms with Crippen LogP contribution in [0.4, 0.5) is 0 Å². The van der Waals surface area contributed by atoms with E-state index in [1.165, 1.54) is 12.8 Å². The van der Waals surface area contributed by atoms with Crippen LogP contribution in [0.25, 0.3) is 0 Å². The van der Waals surface area contributed by atoms with Crippen LogP contribution >= 0.6 is 0 Å². The number of hydrogen-bond acceptors (Lipinski definition) is 4. The van der Waals surface area contributed by atoms with Crippen LogP contribution in [0.5, 0.6) is 17.2 Å². The standard InChI is InChI=1S/C16H27NO3/c1-6-13(7-2)11(3)17-10-12-8-14(19-4)16(18)15(9-12)20-5/h8-9,11,13,17-18H,6-7,10H2,1-5H3. The van der Waals surface area contributed by atoms with E-state index in [-0.39, 0.29) is 5.75 Å². The molecule has 0 radical (unpaired) electrons. The Hall–Kier alpha value is -1.42. The van der Waals surface area contributed by atoms with Crippen molar-refractivity contribution in [1.82, 2.24) is 5.32 Å². The van der Waals surface area contributed by atoms with Gasteiger partial charge in [0.05, 0.1) is 14.2 Å². The molecule has 1 unspecified atom stereocenters. The Morgan fingerprint density at radius 3 is 2.00 bits per heavy atom. The molecule has 0 heterocycles. The highest BCUT2D eigenvalue weighted by molar-refractivity contribution is 5.52. The van der Waals surface area contributed by atoms with E-state index >= 15 is 0 Å². The van der Waals surface area contributed by atoms with Gasteiger partial charge in [-0.05, 0) is 30.5 Å². The van der Waals surface area contributed by atoms with Crippen LogP contribution in [0.2, 0.25) is 0 Å². The molecule has 0 aliphatic carbocycles. The number of ether oxygens (including phenoxy) is 2. The number of phenols is 1. The molecule has 1 atom stereocenters. The summed E-state index contributed by atoms with van der Waals surface area (Å²) in [6.07, 6.45) is 2.35. The van der Waals surface area contributed by atoms with Gasteiger partial charge in [0.2, 0.25) is 5.75 Å². The maximum Gasteiger partial charge on any atom is 0.200 e. The number of hydrogen-bond donors (Lipinski definition) is 2. The van der Waals surface area contributed by atoms with Gasteiger partial charge < -0.3 is 19.9 Å². The van der Waals surface area contributed by atoms with Crippen LogP contribution in [0, 0.1) is 5.92 Å². The van der Waals surface area contributed by atoms with E-state index in [1.54, 1.807) is 14.2 Å². The van der Waals surface area contributed by atoms with Crippen molar-refractivity contribution in [1.29, 1.82) is 0 Å². The molecule has 0 aliphatic heterocycles. The Bertz CT molecular complexity index is 391. The summed E-state index contributed by atoms with van der Waals surface area (Å²) in [5.41, 5.74) is 1.04. The Balaban J connectivity index is 2.77. The summed E-state index contributed by atoms with van der Waals surface area (Å²) in [5, 5.41) is 13.4. The fourth-order valence-electron chi connectivity index (χ4n) is 2.49. The van der Waals surface area contributed by atoms with Gasteiger partial charge in [0.1, 0.15) is 0 Å².